The number of benzene rings is 1. The number of hydrogen-bond donors (Lipinski definition) is 2. The van der Waals surface area contributed by atoms with E-state index < -0.39 is 23.6 Å². The number of hydrogen-bond acceptors (Lipinski definition) is 3. The van der Waals surface area contributed by atoms with Crippen LogP contribution in [0.15, 0.2) is 23.1 Å². The molecule has 6 heteroatoms. The number of thioether (sulfide) groups is 1. The molecular formula is C9H9F2NO2S. The Kier molecular flexibility index (Phi) is 4.05. The number of carboxylic acid groups (broad SMARTS) is 1. The van der Waals surface area contributed by atoms with E-state index in [1.54, 1.807) is 0 Å². The Hall–Kier alpha value is -1.14. The Morgan fingerprint density at radius 2 is 2.13 bits per heavy atom. The van der Waals surface area contributed by atoms with Crippen LogP contribution in [0.5, 0.6) is 0 Å². The summed E-state index contributed by atoms with van der Waals surface area (Å²) >= 11 is 1.07. The summed E-state index contributed by atoms with van der Waals surface area (Å²) in [5.74, 6) is -2.89. The number of carboxylic acids is 1. The fraction of sp³-hybridized carbons (Fsp3) is 0.222. The van der Waals surface area contributed by atoms with E-state index in [9.17, 15) is 13.6 Å². The molecule has 15 heavy (non-hydrogen) atoms. The van der Waals surface area contributed by atoms with E-state index in [1.165, 1.54) is 6.07 Å². The van der Waals surface area contributed by atoms with Crippen molar-refractivity contribution in [2.45, 2.75) is 10.9 Å². The summed E-state index contributed by atoms with van der Waals surface area (Å²) in [5.41, 5.74) is 5.24. The molecule has 0 amide bonds. The molecule has 1 aromatic carbocycles. The minimum atomic E-state index is -1.12. The van der Waals surface area contributed by atoms with Crippen molar-refractivity contribution in [2.24, 2.45) is 5.73 Å². The van der Waals surface area contributed by atoms with Crippen LogP contribution in [-0.2, 0) is 4.79 Å². The van der Waals surface area contributed by atoms with Gasteiger partial charge in [-0.3, -0.25) is 4.79 Å². The number of nitrogens with two attached hydrogens (primary N) is 1. The number of aliphatic carboxylic acids is 1. The lowest BCUT2D eigenvalue weighted by molar-refractivity contribution is -0.137. The standard InChI is InChI=1S/C9H9F2NO2S/c10-6-2-1-5(3-7(6)11)15-4-8(12)9(13)14/h1-3,8H,4,12H2,(H,13,14). The maximum absolute atomic E-state index is 12.7. The summed E-state index contributed by atoms with van der Waals surface area (Å²) in [4.78, 5) is 10.8. The SMILES string of the molecule is NC(CSc1ccc(F)c(F)c1)C(=O)O. The van der Waals surface area contributed by atoms with Crippen LogP contribution in [0.2, 0.25) is 0 Å². The highest BCUT2D eigenvalue weighted by Crippen LogP contribution is 2.20. The van der Waals surface area contributed by atoms with Crippen LogP contribution in [0.25, 0.3) is 0 Å². The van der Waals surface area contributed by atoms with Crippen molar-refractivity contribution < 1.29 is 18.7 Å². The Morgan fingerprint density at radius 1 is 1.47 bits per heavy atom. The van der Waals surface area contributed by atoms with Crippen LogP contribution in [0.3, 0.4) is 0 Å². The van der Waals surface area contributed by atoms with E-state index in [0.717, 1.165) is 23.9 Å². The molecule has 1 rings (SSSR count). The summed E-state index contributed by atoms with van der Waals surface area (Å²) in [6, 6.07) is 2.36. The van der Waals surface area contributed by atoms with Crippen molar-refractivity contribution >= 4 is 17.7 Å². The first-order chi connectivity index (χ1) is 7.00. The summed E-state index contributed by atoms with van der Waals surface area (Å²) in [6.45, 7) is 0. The molecule has 0 fully saturated rings. The highest BCUT2D eigenvalue weighted by Gasteiger charge is 2.12. The lowest BCUT2D eigenvalue weighted by Gasteiger charge is -2.05. The van der Waals surface area contributed by atoms with Gasteiger partial charge in [0, 0.05) is 10.6 Å². The Bertz CT molecular complexity index is 373. The van der Waals surface area contributed by atoms with Gasteiger partial charge in [0.1, 0.15) is 6.04 Å². The van der Waals surface area contributed by atoms with Gasteiger partial charge < -0.3 is 10.8 Å². The monoisotopic (exact) mass is 233 g/mol. The summed E-state index contributed by atoms with van der Waals surface area (Å²) in [7, 11) is 0. The van der Waals surface area contributed by atoms with Crippen LogP contribution >= 0.6 is 11.8 Å². The second-order valence-electron chi connectivity index (χ2n) is 2.83. The molecule has 0 aromatic heterocycles. The molecule has 0 aliphatic carbocycles. The Balaban J connectivity index is 2.58. The smallest absolute Gasteiger partial charge is 0.321 e. The third-order valence-corrected chi connectivity index (χ3v) is 2.75. The Labute approximate surface area is 89.3 Å². The van der Waals surface area contributed by atoms with E-state index in [4.69, 9.17) is 10.8 Å². The van der Waals surface area contributed by atoms with E-state index >= 15 is 0 Å². The van der Waals surface area contributed by atoms with Gasteiger partial charge in [0.2, 0.25) is 0 Å². The quantitative estimate of drug-likeness (QED) is 0.773. The Morgan fingerprint density at radius 3 is 2.67 bits per heavy atom. The molecule has 0 aliphatic heterocycles. The van der Waals surface area contributed by atoms with Crippen molar-refractivity contribution in [1.29, 1.82) is 0 Å². The highest BCUT2D eigenvalue weighted by atomic mass is 32.2. The topological polar surface area (TPSA) is 63.3 Å². The van der Waals surface area contributed by atoms with Crippen molar-refractivity contribution in [3.05, 3.63) is 29.8 Å². The van der Waals surface area contributed by atoms with Gasteiger partial charge in [0.25, 0.3) is 0 Å². The molecule has 0 spiro atoms. The van der Waals surface area contributed by atoms with E-state index in [2.05, 4.69) is 0 Å². The fourth-order valence-electron chi connectivity index (χ4n) is 0.824. The molecule has 1 aromatic rings. The lowest BCUT2D eigenvalue weighted by Crippen LogP contribution is -2.32. The predicted molar refractivity (Wildman–Crippen MR) is 52.7 cm³/mol. The molecule has 0 saturated heterocycles. The van der Waals surface area contributed by atoms with Gasteiger partial charge in [-0.05, 0) is 18.2 Å². The molecule has 82 valence electrons. The first-order valence-electron chi connectivity index (χ1n) is 4.07. The maximum atomic E-state index is 12.7. The zero-order chi connectivity index (χ0) is 11.4. The molecule has 0 saturated carbocycles. The van der Waals surface area contributed by atoms with Crippen LogP contribution in [0, 0.1) is 11.6 Å². The number of halogens is 2. The zero-order valence-electron chi connectivity index (χ0n) is 7.61. The van der Waals surface area contributed by atoms with Crippen LogP contribution in [0.1, 0.15) is 0 Å². The average molecular weight is 233 g/mol. The van der Waals surface area contributed by atoms with E-state index in [-0.39, 0.29) is 5.75 Å². The first-order valence-corrected chi connectivity index (χ1v) is 5.05. The second-order valence-corrected chi connectivity index (χ2v) is 3.93. The maximum Gasteiger partial charge on any atom is 0.321 e. The van der Waals surface area contributed by atoms with Gasteiger partial charge >= 0.3 is 5.97 Å². The molecule has 0 aliphatic rings. The average Bonchev–Trinajstić information content (AvgIpc) is 2.19. The molecule has 1 unspecified atom stereocenters. The summed E-state index contributed by atoms with van der Waals surface area (Å²) < 4.78 is 25.2. The number of rotatable bonds is 4. The zero-order valence-corrected chi connectivity index (χ0v) is 8.43. The lowest BCUT2D eigenvalue weighted by atomic mass is 10.3. The van der Waals surface area contributed by atoms with Gasteiger partial charge in [-0.25, -0.2) is 8.78 Å². The largest absolute Gasteiger partial charge is 0.480 e. The minimum Gasteiger partial charge on any atom is -0.480 e. The highest BCUT2D eigenvalue weighted by molar-refractivity contribution is 7.99. The van der Waals surface area contributed by atoms with Crippen LogP contribution < -0.4 is 5.73 Å². The molecule has 0 bridgehead atoms. The molecule has 3 nitrogen and oxygen atoms in total. The van der Waals surface area contributed by atoms with Crippen molar-refractivity contribution in [3.63, 3.8) is 0 Å². The molecule has 0 radical (unpaired) electrons. The van der Waals surface area contributed by atoms with E-state index in [0.29, 0.717) is 4.90 Å². The predicted octanol–water partition coefficient (Wildman–Crippen LogP) is 1.47. The van der Waals surface area contributed by atoms with Gasteiger partial charge in [0.15, 0.2) is 11.6 Å². The van der Waals surface area contributed by atoms with Crippen LogP contribution in [-0.4, -0.2) is 22.9 Å². The van der Waals surface area contributed by atoms with E-state index in [1.807, 2.05) is 0 Å². The molecule has 3 N–H and O–H groups in total. The molecule has 0 heterocycles. The summed E-state index contributed by atoms with van der Waals surface area (Å²) in [5, 5.41) is 8.49. The normalized spacial score (nSPS) is 12.5. The number of carbonyl (C=O) groups is 1. The van der Waals surface area contributed by atoms with Gasteiger partial charge in [-0.15, -0.1) is 11.8 Å². The van der Waals surface area contributed by atoms with Crippen molar-refractivity contribution in [2.75, 3.05) is 5.75 Å². The van der Waals surface area contributed by atoms with Crippen molar-refractivity contribution in [3.8, 4) is 0 Å². The minimum absolute atomic E-state index is 0.112. The molecule has 1 atom stereocenters. The van der Waals surface area contributed by atoms with Gasteiger partial charge in [-0.2, -0.15) is 0 Å². The van der Waals surface area contributed by atoms with Gasteiger partial charge in [-0.1, -0.05) is 0 Å². The first kappa shape index (κ1) is 11.9. The van der Waals surface area contributed by atoms with Gasteiger partial charge in [0.05, 0.1) is 0 Å². The second kappa shape index (κ2) is 5.09. The van der Waals surface area contributed by atoms with Crippen LogP contribution in [0.4, 0.5) is 8.78 Å². The third-order valence-electron chi connectivity index (χ3n) is 1.64. The molecular weight excluding hydrogens is 224 g/mol. The summed E-state index contributed by atoms with van der Waals surface area (Å²) in [6.07, 6.45) is 0. The van der Waals surface area contributed by atoms with Crippen molar-refractivity contribution in [1.82, 2.24) is 0 Å². The third kappa shape index (κ3) is 3.49. The fourth-order valence-corrected chi connectivity index (χ4v) is 1.69.